The van der Waals surface area contributed by atoms with Crippen molar-refractivity contribution >= 4 is 5.97 Å². The van der Waals surface area contributed by atoms with Crippen LogP contribution < -0.4 is 5.73 Å². The molecular weight excluding hydrogens is 242 g/mol. The van der Waals surface area contributed by atoms with E-state index in [9.17, 15) is 9.90 Å². The van der Waals surface area contributed by atoms with Gasteiger partial charge in [0.15, 0.2) is 0 Å². The van der Waals surface area contributed by atoms with Crippen molar-refractivity contribution in [1.29, 1.82) is 0 Å². The first-order chi connectivity index (χ1) is 8.81. The quantitative estimate of drug-likeness (QED) is 0.738. The molecule has 0 amide bonds. The average molecular weight is 265 g/mol. The lowest BCUT2D eigenvalue weighted by Gasteiger charge is -2.26. The number of hydrogen-bond donors (Lipinski definition) is 3. The molecule has 0 saturated carbocycles. The van der Waals surface area contributed by atoms with Gasteiger partial charge in [-0.1, -0.05) is 32.9 Å². The number of benzene rings is 1. The fourth-order valence-electron chi connectivity index (χ4n) is 2.02. The summed E-state index contributed by atoms with van der Waals surface area (Å²) in [6.07, 6.45) is 1.42. The number of rotatable bonds is 6. The van der Waals surface area contributed by atoms with E-state index in [1.54, 1.807) is 6.07 Å². The van der Waals surface area contributed by atoms with E-state index in [0.29, 0.717) is 12.0 Å². The highest BCUT2D eigenvalue weighted by atomic mass is 16.4. The van der Waals surface area contributed by atoms with Gasteiger partial charge in [-0.05, 0) is 23.8 Å². The van der Waals surface area contributed by atoms with Gasteiger partial charge in [0.25, 0.3) is 0 Å². The second-order valence-electron chi connectivity index (χ2n) is 5.49. The van der Waals surface area contributed by atoms with Crippen LogP contribution in [-0.2, 0) is 23.2 Å². The predicted molar refractivity (Wildman–Crippen MR) is 75.3 cm³/mol. The van der Waals surface area contributed by atoms with Crippen molar-refractivity contribution in [3.8, 4) is 5.75 Å². The minimum atomic E-state index is -0.821. The van der Waals surface area contributed by atoms with Crippen molar-refractivity contribution < 1.29 is 15.0 Å². The normalized spacial score (nSPS) is 11.6. The minimum absolute atomic E-state index is 0.0841. The zero-order valence-electron chi connectivity index (χ0n) is 11.9. The second-order valence-corrected chi connectivity index (χ2v) is 5.49. The lowest BCUT2D eigenvalue weighted by atomic mass is 9.79. The van der Waals surface area contributed by atoms with Crippen molar-refractivity contribution in [3.63, 3.8) is 0 Å². The molecule has 0 spiro atoms. The number of aryl methyl sites for hydroxylation is 1. The Bertz CT molecular complexity index is 467. The van der Waals surface area contributed by atoms with Crippen LogP contribution in [0.15, 0.2) is 12.1 Å². The Kier molecular flexibility index (Phi) is 4.95. The molecule has 4 heteroatoms. The Morgan fingerprint density at radius 2 is 2.00 bits per heavy atom. The highest BCUT2D eigenvalue weighted by Crippen LogP contribution is 2.36. The summed E-state index contributed by atoms with van der Waals surface area (Å²) in [5.74, 6) is -0.577. The summed E-state index contributed by atoms with van der Waals surface area (Å²) in [7, 11) is 0. The molecule has 4 nitrogen and oxygen atoms in total. The summed E-state index contributed by atoms with van der Waals surface area (Å²) in [6, 6.07) is 3.70. The third kappa shape index (κ3) is 3.70. The molecule has 0 unspecified atom stereocenters. The third-order valence-corrected chi connectivity index (χ3v) is 3.71. The summed E-state index contributed by atoms with van der Waals surface area (Å²) in [5, 5.41) is 19.0. The Morgan fingerprint density at radius 1 is 1.37 bits per heavy atom. The predicted octanol–water partition coefficient (Wildman–Crippen LogP) is 2.56. The Hall–Kier alpha value is -1.55. The van der Waals surface area contributed by atoms with Crippen LogP contribution in [0, 0.1) is 0 Å². The molecule has 0 aliphatic rings. The smallest absolute Gasteiger partial charge is 0.303 e. The average Bonchev–Trinajstić information content (AvgIpc) is 2.37. The van der Waals surface area contributed by atoms with Gasteiger partial charge in [0.2, 0.25) is 0 Å². The molecule has 19 heavy (non-hydrogen) atoms. The minimum Gasteiger partial charge on any atom is -0.507 e. The van der Waals surface area contributed by atoms with Gasteiger partial charge in [0, 0.05) is 24.1 Å². The number of carboxylic acid groups (broad SMARTS) is 1. The molecule has 0 atom stereocenters. The van der Waals surface area contributed by atoms with E-state index < -0.39 is 5.97 Å². The van der Waals surface area contributed by atoms with Crippen molar-refractivity contribution in [1.82, 2.24) is 0 Å². The maximum atomic E-state index is 10.7. The van der Waals surface area contributed by atoms with Gasteiger partial charge in [-0.25, -0.2) is 0 Å². The highest BCUT2D eigenvalue weighted by molar-refractivity contribution is 5.67. The van der Waals surface area contributed by atoms with E-state index in [2.05, 4.69) is 20.8 Å². The lowest BCUT2D eigenvalue weighted by Crippen LogP contribution is -2.17. The van der Waals surface area contributed by atoms with Crippen molar-refractivity contribution in [2.24, 2.45) is 5.73 Å². The number of carboxylic acids is 1. The Morgan fingerprint density at radius 3 is 2.47 bits per heavy atom. The van der Waals surface area contributed by atoms with Gasteiger partial charge in [0.1, 0.15) is 5.75 Å². The number of phenolic OH excluding ortho intramolecular Hbond substituents is 1. The van der Waals surface area contributed by atoms with Crippen LogP contribution in [0.5, 0.6) is 5.75 Å². The molecule has 0 aromatic heterocycles. The van der Waals surface area contributed by atoms with Crippen LogP contribution in [-0.4, -0.2) is 16.2 Å². The molecule has 106 valence electrons. The van der Waals surface area contributed by atoms with E-state index in [1.165, 1.54) is 0 Å². The second kappa shape index (κ2) is 6.06. The standard InChI is InChI=1S/C15H23NO3/c1-4-15(2,3)12-8-10(5-6-13(17)18)7-11(9-16)14(12)19/h7-8,19H,4-6,9,16H2,1-3H3,(H,17,18). The van der Waals surface area contributed by atoms with Gasteiger partial charge in [0.05, 0.1) is 0 Å². The number of hydrogen-bond acceptors (Lipinski definition) is 3. The van der Waals surface area contributed by atoms with Gasteiger partial charge < -0.3 is 15.9 Å². The topological polar surface area (TPSA) is 83.5 Å². The summed E-state index contributed by atoms with van der Waals surface area (Å²) in [4.78, 5) is 10.7. The molecule has 0 aliphatic heterocycles. The Balaban J connectivity index is 3.22. The number of carbonyl (C=O) groups is 1. The van der Waals surface area contributed by atoms with Crippen molar-refractivity contribution in [2.75, 3.05) is 0 Å². The van der Waals surface area contributed by atoms with Crippen LogP contribution in [0.4, 0.5) is 0 Å². The van der Waals surface area contributed by atoms with Gasteiger partial charge in [-0.15, -0.1) is 0 Å². The SMILES string of the molecule is CCC(C)(C)c1cc(CCC(=O)O)cc(CN)c1O. The fourth-order valence-corrected chi connectivity index (χ4v) is 2.02. The maximum absolute atomic E-state index is 10.7. The zero-order chi connectivity index (χ0) is 14.6. The lowest BCUT2D eigenvalue weighted by molar-refractivity contribution is -0.136. The van der Waals surface area contributed by atoms with E-state index in [1.807, 2.05) is 6.07 Å². The van der Waals surface area contributed by atoms with Crippen LogP contribution in [0.25, 0.3) is 0 Å². The highest BCUT2D eigenvalue weighted by Gasteiger charge is 2.24. The first-order valence-corrected chi connectivity index (χ1v) is 6.59. The van der Waals surface area contributed by atoms with Crippen LogP contribution in [0.1, 0.15) is 50.3 Å². The molecule has 4 N–H and O–H groups in total. The van der Waals surface area contributed by atoms with Crippen LogP contribution >= 0.6 is 0 Å². The van der Waals surface area contributed by atoms with E-state index in [4.69, 9.17) is 10.8 Å². The fraction of sp³-hybridized carbons (Fsp3) is 0.533. The molecule has 0 fully saturated rings. The number of aromatic hydroxyl groups is 1. The van der Waals surface area contributed by atoms with E-state index in [0.717, 1.165) is 17.5 Å². The summed E-state index contributed by atoms with van der Waals surface area (Å²) >= 11 is 0. The molecule has 1 aromatic rings. The molecule has 0 radical (unpaired) electrons. The summed E-state index contributed by atoms with van der Waals surface area (Å²) in [5.41, 5.74) is 7.93. The number of phenols is 1. The first kappa shape index (κ1) is 15.5. The summed E-state index contributed by atoms with van der Waals surface area (Å²) < 4.78 is 0. The largest absolute Gasteiger partial charge is 0.507 e. The molecular formula is C15H23NO3. The molecule has 0 aliphatic carbocycles. The van der Waals surface area contributed by atoms with Crippen molar-refractivity contribution in [2.45, 2.75) is 52.0 Å². The van der Waals surface area contributed by atoms with Gasteiger partial charge >= 0.3 is 5.97 Å². The summed E-state index contributed by atoms with van der Waals surface area (Å²) in [6.45, 7) is 6.43. The van der Waals surface area contributed by atoms with Crippen LogP contribution in [0.3, 0.4) is 0 Å². The van der Waals surface area contributed by atoms with Crippen LogP contribution in [0.2, 0.25) is 0 Å². The van der Waals surface area contributed by atoms with Gasteiger partial charge in [-0.2, -0.15) is 0 Å². The molecule has 0 heterocycles. The number of nitrogens with two attached hydrogens (primary N) is 1. The van der Waals surface area contributed by atoms with Crippen molar-refractivity contribution in [3.05, 3.63) is 28.8 Å². The van der Waals surface area contributed by atoms with Gasteiger partial charge in [-0.3, -0.25) is 4.79 Å². The molecule has 1 aromatic carbocycles. The Labute approximate surface area is 114 Å². The molecule has 0 saturated heterocycles. The van der Waals surface area contributed by atoms with E-state index >= 15 is 0 Å². The van der Waals surface area contributed by atoms with E-state index in [-0.39, 0.29) is 24.1 Å². The molecule has 1 rings (SSSR count). The monoisotopic (exact) mass is 265 g/mol. The maximum Gasteiger partial charge on any atom is 0.303 e. The molecule has 0 bridgehead atoms. The zero-order valence-corrected chi connectivity index (χ0v) is 11.9. The first-order valence-electron chi connectivity index (χ1n) is 6.59. The third-order valence-electron chi connectivity index (χ3n) is 3.71. The number of aliphatic carboxylic acids is 1.